The Balaban J connectivity index is 1.50. The Morgan fingerprint density at radius 3 is 2.57 bits per heavy atom. The zero-order valence-electron chi connectivity index (χ0n) is 18.8. The van der Waals surface area contributed by atoms with Gasteiger partial charge in [-0.3, -0.25) is 4.99 Å². The first kappa shape index (κ1) is 21.3. The summed E-state index contributed by atoms with van der Waals surface area (Å²) in [6, 6.07) is 6.44. The molecule has 0 aromatic heterocycles. The summed E-state index contributed by atoms with van der Waals surface area (Å²) in [6.07, 6.45) is 8.59. The first-order chi connectivity index (χ1) is 14.6. The lowest BCUT2D eigenvalue weighted by atomic mass is 9.69. The molecule has 30 heavy (non-hydrogen) atoms. The summed E-state index contributed by atoms with van der Waals surface area (Å²) in [4.78, 5) is 7.07. The highest BCUT2D eigenvalue weighted by molar-refractivity contribution is 5.80. The van der Waals surface area contributed by atoms with E-state index in [1.165, 1.54) is 50.5 Å². The number of ether oxygens (including phenoxy) is 3. The molecule has 2 heterocycles. The minimum atomic E-state index is 0.0988. The van der Waals surface area contributed by atoms with E-state index in [4.69, 9.17) is 14.2 Å². The van der Waals surface area contributed by atoms with Gasteiger partial charge in [0.15, 0.2) is 17.5 Å². The van der Waals surface area contributed by atoms with E-state index < -0.39 is 0 Å². The molecule has 3 aliphatic rings. The Morgan fingerprint density at radius 1 is 1.10 bits per heavy atom. The number of hydrogen-bond donors (Lipinski definition) is 1. The van der Waals surface area contributed by atoms with Crippen LogP contribution in [0.1, 0.15) is 50.5 Å². The van der Waals surface area contributed by atoms with Crippen LogP contribution in [0.5, 0.6) is 11.5 Å². The molecule has 1 N–H and O–H groups in total. The predicted molar refractivity (Wildman–Crippen MR) is 120 cm³/mol. The van der Waals surface area contributed by atoms with E-state index in [1.54, 1.807) is 14.2 Å². The highest BCUT2D eigenvalue weighted by atomic mass is 16.5. The van der Waals surface area contributed by atoms with E-state index in [-0.39, 0.29) is 5.41 Å². The van der Waals surface area contributed by atoms with Crippen LogP contribution >= 0.6 is 0 Å². The zero-order valence-corrected chi connectivity index (χ0v) is 18.8. The molecule has 1 atom stereocenters. The standard InChI is InChI=1S/C24H37N3O3/c1-25-22(27-13-11-23(17-27)12-14-30-18-23)26-16-24(9-5-4-6-10-24)19-7-8-20(28-2)21(15-19)29-3/h7-8,15H,4-6,9-14,16-18H2,1-3H3,(H,25,26). The number of methoxy groups -OCH3 is 2. The van der Waals surface area contributed by atoms with E-state index >= 15 is 0 Å². The Kier molecular flexibility index (Phi) is 6.42. The third kappa shape index (κ3) is 4.11. The van der Waals surface area contributed by atoms with Gasteiger partial charge >= 0.3 is 0 Å². The lowest BCUT2D eigenvalue weighted by Gasteiger charge is -2.39. The normalized spacial score (nSPS) is 26.2. The Morgan fingerprint density at radius 2 is 1.90 bits per heavy atom. The van der Waals surface area contributed by atoms with Crippen molar-refractivity contribution < 1.29 is 14.2 Å². The summed E-state index contributed by atoms with van der Waals surface area (Å²) in [7, 11) is 5.31. The predicted octanol–water partition coefficient (Wildman–Crippen LogP) is 3.59. The number of likely N-dealkylation sites (tertiary alicyclic amines) is 1. The second-order valence-electron chi connectivity index (χ2n) is 9.29. The van der Waals surface area contributed by atoms with Crippen molar-refractivity contribution in [2.75, 3.05) is 54.1 Å². The molecule has 1 aliphatic carbocycles. The van der Waals surface area contributed by atoms with Crippen LogP contribution in [0, 0.1) is 5.41 Å². The van der Waals surface area contributed by atoms with Crippen molar-refractivity contribution in [3.05, 3.63) is 23.8 Å². The smallest absolute Gasteiger partial charge is 0.193 e. The van der Waals surface area contributed by atoms with Gasteiger partial charge in [0.05, 0.1) is 20.8 Å². The third-order valence-electron chi connectivity index (χ3n) is 7.53. The van der Waals surface area contributed by atoms with Crippen LogP contribution in [-0.2, 0) is 10.2 Å². The maximum absolute atomic E-state index is 5.70. The Bertz CT molecular complexity index is 752. The molecule has 4 rings (SSSR count). The van der Waals surface area contributed by atoms with Crippen LogP contribution in [0.25, 0.3) is 0 Å². The van der Waals surface area contributed by atoms with Crippen molar-refractivity contribution in [1.29, 1.82) is 0 Å². The van der Waals surface area contributed by atoms with Gasteiger partial charge in [-0.05, 0) is 43.4 Å². The van der Waals surface area contributed by atoms with Gasteiger partial charge < -0.3 is 24.4 Å². The molecule has 1 saturated carbocycles. The molecule has 2 saturated heterocycles. The van der Waals surface area contributed by atoms with Gasteiger partial charge in [0.1, 0.15) is 0 Å². The van der Waals surface area contributed by atoms with Crippen LogP contribution in [-0.4, -0.2) is 65.0 Å². The maximum atomic E-state index is 5.70. The lowest BCUT2D eigenvalue weighted by molar-refractivity contribution is 0.156. The quantitative estimate of drug-likeness (QED) is 0.588. The largest absolute Gasteiger partial charge is 0.493 e. The SMILES string of the molecule is CN=C(NCC1(c2ccc(OC)c(OC)c2)CCCCC1)N1CCC2(CCOC2)C1. The Labute approximate surface area is 181 Å². The van der Waals surface area contributed by atoms with Gasteiger partial charge in [-0.1, -0.05) is 25.3 Å². The second-order valence-corrected chi connectivity index (χ2v) is 9.29. The second kappa shape index (κ2) is 9.04. The first-order valence-corrected chi connectivity index (χ1v) is 11.4. The van der Waals surface area contributed by atoms with Crippen molar-refractivity contribution in [3.8, 4) is 11.5 Å². The molecule has 0 bridgehead atoms. The van der Waals surface area contributed by atoms with Gasteiger partial charge in [-0.2, -0.15) is 0 Å². The first-order valence-electron chi connectivity index (χ1n) is 11.4. The van der Waals surface area contributed by atoms with Crippen LogP contribution in [0.4, 0.5) is 0 Å². The van der Waals surface area contributed by atoms with Crippen LogP contribution in [0.2, 0.25) is 0 Å². The van der Waals surface area contributed by atoms with Gasteiger partial charge in [-0.15, -0.1) is 0 Å². The van der Waals surface area contributed by atoms with Crippen LogP contribution in [0.3, 0.4) is 0 Å². The highest BCUT2D eigenvalue weighted by Crippen LogP contribution is 2.42. The molecule has 6 heteroatoms. The number of guanidine groups is 1. The minimum Gasteiger partial charge on any atom is -0.493 e. The number of aliphatic imine (C=N–C) groups is 1. The molecule has 1 aromatic carbocycles. The van der Waals surface area contributed by atoms with E-state index in [0.717, 1.165) is 50.3 Å². The monoisotopic (exact) mass is 415 g/mol. The van der Waals surface area contributed by atoms with Crippen molar-refractivity contribution in [2.24, 2.45) is 10.4 Å². The zero-order chi connectivity index (χ0) is 21.0. The Hall–Kier alpha value is -1.95. The number of hydrogen-bond acceptors (Lipinski definition) is 4. The molecule has 1 aromatic rings. The molecule has 1 unspecified atom stereocenters. The van der Waals surface area contributed by atoms with Crippen molar-refractivity contribution in [2.45, 2.75) is 50.4 Å². The van der Waals surface area contributed by atoms with E-state index in [9.17, 15) is 0 Å². The third-order valence-corrected chi connectivity index (χ3v) is 7.53. The van der Waals surface area contributed by atoms with E-state index in [2.05, 4.69) is 27.3 Å². The number of nitrogens with zero attached hydrogens (tertiary/aromatic N) is 2. The number of benzene rings is 1. The molecule has 3 fully saturated rings. The fourth-order valence-electron chi connectivity index (χ4n) is 5.63. The van der Waals surface area contributed by atoms with Gasteiger partial charge in [0.2, 0.25) is 0 Å². The lowest BCUT2D eigenvalue weighted by Crippen LogP contribution is -2.48. The summed E-state index contributed by atoms with van der Waals surface area (Å²) >= 11 is 0. The summed E-state index contributed by atoms with van der Waals surface area (Å²) in [6.45, 7) is 4.82. The fourth-order valence-corrected chi connectivity index (χ4v) is 5.63. The van der Waals surface area contributed by atoms with Crippen LogP contribution in [0.15, 0.2) is 23.2 Å². The molecule has 2 aliphatic heterocycles. The van der Waals surface area contributed by atoms with Crippen molar-refractivity contribution in [3.63, 3.8) is 0 Å². The molecule has 6 nitrogen and oxygen atoms in total. The number of rotatable bonds is 5. The highest BCUT2D eigenvalue weighted by Gasteiger charge is 2.42. The molecule has 1 spiro atoms. The van der Waals surface area contributed by atoms with E-state index in [0.29, 0.717) is 5.41 Å². The summed E-state index contributed by atoms with van der Waals surface area (Å²) in [5, 5.41) is 3.76. The number of nitrogens with one attached hydrogen (secondary N) is 1. The van der Waals surface area contributed by atoms with Crippen LogP contribution < -0.4 is 14.8 Å². The van der Waals surface area contributed by atoms with E-state index in [1.807, 2.05) is 13.1 Å². The van der Waals surface area contributed by atoms with Gasteiger partial charge in [0.25, 0.3) is 0 Å². The molecule has 166 valence electrons. The molecule has 0 radical (unpaired) electrons. The summed E-state index contributed by atoms with van der Waals surface area (Å²) in [5.41, 5.74) is 1.77. The van der Waals surface area contributed by atoms with Crippen molar-refractivity contribution >= 4 is 5.96 Å². The fraction of sp³-hybridized carbons (Fsp3) is 0.708. The molecular formula is C24H37N3O3. The average molecular weight is 416 g/mol. The summed E-state index contributed by atoms with van der Waals surface area (Å²) < 4.78 is 16.8. The topological polar surface area (TPSA) is 55.3 Å². The minimum absolute atomic E-state index is 0.0988. The molecule has 0 amide bonds. The maximum Gasteiger partial charge on any atom is 0.193 e. The molecular weight excluding hydrogens is 378 g/mol. The van der Waals surface area contributed by atoms with Crippen molar-refractivity contribution in [1.82, 2.24) is 10.2 Å². The van der Waals surface area contributed by atoms with Gasteiger partial charge in [0, 0.05) is 44.1 Å². The van der Waals surface area contributed by atoms with Gasteiger partial charge in [-0.25, -0.2) is 0 Å². The average Bonchev–Trinajstić information content (AvgIpc) is 3.44. The summed E-state index contributed by atoms with van der Waals surface area (Å²) in [5.74, 6) is 2.63.